The molecule has 2 aromatic rings. The lowest BCUT2D eigenvalue weighted by Gasteiger charge is -2.12. The highest BCUT2D eigenvalue weighted by Crippen LogP contribution is 2.11. The van der Waals surface area contributed by atoms with Gasteiger partial charge in [0.25, 0.3) is 0 Å². The Labute approximate surface area is 156 Å². The van der Waals surface area contributed by atoms with Crippen molar-refractivity contribution in [2.45, 2.75) is 13.5 Å². The van der Waals surface area contributed by atoms with E-state index in [1.54, 1.807) is 24.3 Å². The lowest BCUT2D eigenvalue weighted by Crippen LogP contribution is -2.41. The first kappa shape index (κ1) is 19.9. The monoisotopic (exact) mass is 370 g/mol. The van der Waals surface area contributed by atoms with Gasteiger partial charge < -0.3 is 16.0 Å². The van der Waals surface area contributed by atoms with Gasteiger partial charge in [-0.25, -0.2) is 13.8 Å². The summed E-state index contributed by atoms with van der Waals surface area (Å²) in [6.07, 6.45) is 5.33. The lowest BCUT2D eigenvalue weighted by molar-refractivity contribution is -0.115. The smallest absolute Gasteiger partial charge is 0.243 e. The maximum Gasteiger partial charge on any atom is 0.243 e. The highest BCUT2D eigenvalue weighted by Gasteiger charge is 2.07. The van der Waals surface area contributed by atoms with Crippen LogP contribution in [-0.2, 0) is 11.3 Å². The van der Waals surface area contributed by atoms with Crippen LogP contribution in [-0.4, -0.2) is 25.0 Å². The molecule has 0 saturated heterocycles. The molecule has 0 heterocycles. The number of amides is 1. The molecule has 0 saturated carbocycles. The van der Waals surface area contributed by atoms with Gasteiger partial charge in [-0.3, -0.25) is 4.79 Å². The largest absolute Gasteiger partial charge is 0.357 e. The Hall–Kier alpha value is -3.40. The summed E-state index contributed by atoms with van der Waals surface area (Å²) in [6, 6.07) is 10.1. The van der Waals surface area contributed by atoms with E-state index < -0.39 is 11.6 Å². The van der Waals surface area contributed by atoms with Gasteiger partial charge in [0.2, 0.25) is 5.91 Å². The number of terminal acetylenes is 1. The first-order chi connectivity index (χ1) is 13.0. The van der Waals surface area contributed by atoms with Gasteiger partial charge in [-0.15, -0.1) is 6.42 Å². The van der Waals surface area contributed by atoms with Gasteiger partial charge in [-0.05, 0) is 43.3 Å². The maximum atomic E-state index is 13.7. The first-order valence-corrected chi connectivity index (χ1v) is 8.34. The van der Waals surface area contributed by atoms with Crippen LogP contribution in [0.3, 0.4) is 0 Å². The number of aliphatic imine (C=N–C) groups is 1. The van der Waals surface area contributed by atoms with Crippen molar-refractivity contribution in [2.24, 2.45) is 4.99 Å². The van der Waals surface area contributed by atoms with Crippen LogP contribution in [0.5, 0.6) is 0 Å². The van der Waals surface area contributed by atoms with E-state index >= 15 is 0 Å². The molecule has 0 aromatic heterocycles. The zero-order chi connectivity index (χ0) is 19.6. The molecule has 0 aliphatic carbocycles. The number of rotatable bonds is 6. The van der Waals surface area contributed by atoms with Gasteiger partial charge in [-0.2, -0.15) is 0 Å². The summed E-state index contributed by atoms with van der Waals surface area (Å²) in [5.41, 5.74) is 1.37. The Kier molecular flexibility index (Phi) is 7.32. The third-order valence-electron chi connectivity index (χ3n) is 3.49. The summed E-state index contributed by atoms with van der Waals surface area (Å²) in [4.78, 5) is 16.2. The Balaban J connectivity index is 1.95. The summed E-state index contributed by atoms with van der Waals surface area (Å²) < 4.78 is 26.9. The van der Waals surface area contributed by atoms with Crippen LogP contribution in [0.4, 0.5) is 14.5 Å². The SMILES string of the molecule is C#Cc1cccc(NC(=O)CNC(=NCc2cc(F)ccc2F)NCC)c1. The number of hydrogen-bond donors (Lipinski definition) is 3. The Bertz CT molecular complexity index is 875. The number of nitrogens with one attached hydrogen (secondary N) is 3. The average Bonchev–Trinajstić information content (AvgIpc) is 2.66. The van der Waals surface area contributed by atoms with Crippen molar-refractivity contribution < 1.29 is 13.6 Å². The second-order valence-corrected chi connectivity index (χ2v) is 5.56. The van der Waals surface area contributed by atoms with Crippen molar-refractivity contribution in [3.05, 3.63) is 65.2 Å². The fourth-order valence-corrected chi connectivity index (χ4v) is 2.23. The van der Waals surface area contributed by atoms with Crippen molar-refractivity contribution in [1.82, 2.24) is 10.6 Å². The molecule has 0 aliphatic heterocycles. The minimum Gasteiger partial charge on any atom is -0.357 e. The first-order valence-electron chi connectivity index (χ1n) is 8.34. The minimum absolute atomic E-state index is 0.0578. The summed E-state index contributed by atoms with van der Waals surface area (Å²) in [7, 11) is 0. The van der Waals surface area contributed by atoms with Gasteiger partial charge in [0.1, 0.15) is 11.6 Å². The third kappa shape index (κ3) is 6.44. The van der Waals surface area contributed by atoms with E-state index in [-0.39, 0.29) is 24.6 Å². The van der Waals surface area contributed by atoms with Crippen LogP contribution in [0.25, 0.3) is 0 Å². The van der Waals surface area contributed by atoms with Crippen molar-refractivity contribution in [3.8, 4) is 12.3 Å². The average molecular weight is 370 g/mol. The topological polar surface area (TPSA) is 65.5 Å². The predicted molar refractivity (Wildman–Crippen MR) is 102 cm³/mol. The van der Waals surface area contributed by atoms with E-state index in [0.717, 1.165) is 18.2 Å². The second-order valence-electron chi connectivity index (χ2n) is 5.56. The quantitative estimate of drug-likeness (QED) is 0.416. The van der Waals surface area contributed by atoms with Crippen LogP contribution >= 0.6 is 0 Å². The molecule has 0 spiro atoms. The molecule has 0 aliphatic rings. The summed E-state index contributed by atoms with van der Waals surface area (Å²) >= 11 is 0. The zero-order valence-electron chi connectivity index (χ0n) is 14.9. The molecule has 0 bridgehead atoms. The van der Waals surface area contributed by atoms with E-state index in [4.69, 9.17) is 6.42 Å². The molecule has 27 heavy (non-hydrogen) atoms. The van der Waals surface area contributed by atoms with E-state index in [9.17, 15) is 13.6 Å². The number of anilines is 1. The van der Waals surface area contributed by atoms with Crippen LogP contribution in [0.15, 0.2) is 47.5 Å². The van der Waals surface area contributed by atoms with Crippen LogP contribution in [0, 0.1) is 24.0 Å². The molecule has 3 N–H and O–H groups in total. The molecule has 2 rings (SSSR count). The molecule has 0 atom stereocenters. The van der Waals surface area contributed by atoms with Gasteiger partial charge in [0.05, 0.1) is 13.1 Å². The Morgan fingerprint density at radius 3 is 2.74 bits per heavy atom. The highest BCUT2D eigenvalue weighted by atomic mass is 19.1. The molecule has 0 fully saturated rings. The van der Waals surface area contributed by atoms with Crippen LogP contribution in [0.1, 0.15) is 18.1 Å². The fraction of sp³-hybridized carbons (Fsp3) is 0.200. The van der Waals surface area contributed by atoms with E-state index in [1.807, 2.05) is 6.92 Å². The molecular formula is C20H20F2N4O. The lowest BCUT2D eigenvalue weighted by atomic mass is 10.2. The standard InChI is InChI=1S/C20H20F2N4O/c1-3-14-6-5-7-17(10-14)26-19(27)13-25-20(23-4-2)24-12-15-11-16(21)8-9-18(15)22/h1,5-11H,4,12-13H2,2H3,(H,26,27)(H2,23,24,25). The van der Waals surface area contributed by atoms with Gasteiger partial charge in [-0.1, -0.05) is 12.0 Å². The number of guanidine groups is 1. The van der Waals surface area contributed by atoms with Gasteiger partial charge >= 0.3 is 0 Å². The number of halogens is 2. The summed E-state index contributed by atoms with van der Waals surface area (Å²) in [6.45, 7) is 2.27. The Morgan fingerprint density at radius 1 is 1.19 bits per heavy atom. The number of hydrogen-bond acceptors (Lipinski definition) is 2. The summed E-state index contributed by atoms with van der Waals surface area (Å²) in [5.74, 6) is 1.44. The molecule has 0 radical (unpaired) electrons. The van der Waals surface area contributed by atoms with E-state index in [0.29, 0.717) is 23.8 Å². The normalized spacial score (nSPS) is 10.8. The number of carbonyl (C=O) groups is 1. The van der Waals surface area contributed by atoms with Crippen molar-refractivity contribution in [2.75, 3.05) is 18.4 Å². The van der Waals surface area contributed by atoms with E-state index in [1.165, 1.54) is 0 Å². The summed E-state index contributed by atoms with van der Waals surface area (Å²) in [5, 5.41) is 8.50. The molecule has 2 aromatic carbocycles. The molecule has 140 valence electrons. The maximum absolute atomic E-state index is 13.7. The molecule has 7 heteroatoms. The number of nitrogens with zero attached hydrogens (tertiary/aromatic N) is 1. The van der Waals surface area contributed by atoms with E-state index in [2.05, 4.69) is 26.9 Å². The Morgan fingerprint density at radius 2 is 2.00 bits per heavy atom. The second kappa shape index (κ2) is 9.92. The zero-order valence-corrected chi connectivity index (χ0v) is 14.9. The van der Waals surface area contributed by atoms with Crippen LogP contribution in [0.2, 0.25) is 0 Å². The minimum atomic E-state index is -0.540. The van der Waals surface area contributed by atoms with Crippen molar-refractivity contribution in [1.29, 1.82) is 0 Å². The molecule has 5 nitrogen and oxygen atoms in total. The highest BCUT2D eigenvalue weighted by molar-refractivity contribution is 5.95. The van der Waals surface area contributed by atoms with Crippen LogP contribution < -0.4 is 16.0 Å². The van der Waals surface area contributed by atoms with Crippen molar-refractivity contribution >= 4 is 17.6 Å². The molecule has 0 unspecified atom stereocenters. The van der Waals surface area contributed by atoms with Crippen molar-refractivity contribution in [3.63, 3.8) is 0 Å². The number of benzene rings is 2. The van der Waals surface area contributed by atoms with Gasteiger partial charge in [0.15, 0.2) is 5.96 Å². The predicted octanol–water partition coefficient (Wildman–Crippen LogP) is 2.64. The van der Waals surface area contributed by atoms with Gasteiger partial charge in [0, 0.05) is 23.4 Å². The third-order valence-corrected chi connectivity index (χ3v) is 3.49. The molecule has 1 amide bonds. The molecular weight excluding hydrogens is 350 g/mol. The fourth-order valence-electron chi connectivity index (χ4n) is 2.23. The number of carbonyl (C=O) groups excluding carboxylic acids is 1.